The van der Waals surface area contributed by atoms with Crippen molar-refractivity contribution in [3.05, 3.63) is 18.2 Å². The molecule has 12 amide bonds. The number of carboxylic acids is 3. The number of carbonyl (C=O) groups is 15. The second kappa shape index (κ2) is 36.2. The summed E-state index contributed by atoms with van der Waals surface area (Å²) < 4.78 is 0. The number of guanidine groups is 1. The van der Waals surface area contributed by atoms with Crippen LogP contribution in [0.1, 0.15) is 109 Å². The van der Waals surface area contributed by atoms with Gasteiger partial charge in [0.2, 0.25) is 70.9 Å². The first-order valence-corrected chi connectivity index (χ1v) is 26.9. The van der Waals surface area contributed by atoms with Gasteiger partial charge in [0.1, 0.15) is 48.3 Å². The van der Waals surface area contributed by atoms with Crippen LogP contribution < -0.4 is 76.5 Å². The van der Waals surface area contributed by atoms with Gasteiger partial charge in [-0.05, 0) is 63.7 Å². The molecule has 85 heavy (non-hydrogen) atoms. The molecule has 0 unspecified atom stereocenters. The van der Waals surface area contributed by atoms with Crippen LogP contribution in [0.2, 0.25) is 0 Å². The number of imidazole rings is 1. The van der Waals surface area contributed by atoms with E-state index >= 15 is 0 Å². The number of likely N-dealkylation sites (tertiary alicyclic amines) is 1. The molecule has 2 rings (SSSR count). The summed E-state index contributed by atoms with van der Waals surface area (Å²) in [6.45, 7) is 2.94. The minimum atomic E-state index is -1.92. The second-order valence-corrected chi connectivity index (χ2v) is 20.3. The second-order valence-electron chi connectivity index (χ2n) is 20.3. The molecule has 36 nitrogen and oxygen atoms in total. The summed E-state index contributed by atoms with van der Waals surface area (Å²) >= 11 is 0. The molecule has 9 atom stereocenters. The summed E-state index contributed by atoms with van der Waals surface area (Å²) in [6, 6.07) is -14.2. The fourth-order valence-electron chi connectivity index (χ4n) is 8.48. The average molecular weight is 1210 g/mol. The SMILES string of the molecule is CC(C)C[C@H](N)C(=O)N1CCC[C@H]1C(=O)N[C@@H](CCC(N)=O)C(=O)N[C@@H](CCC(N)=O)C(=O)N[C@@H](CCC(=O)O)C(=O)N[C@@H](CCC(N)=O)C(=O)NCC(=O)N[C@@H](Cc1c[nH]cn1)C(=O)N[C@@H](CC(=O)O)C(=O)N[C@@H](CCCNC(=N)N)C(=O)O. The van der Waals surface area contributed by atoms with Crippen molar-refractivity contribution in [2.45, 2.75) is 165 Å². The number of aromatic nitrogens is 2. The third kappa shape index (κ3) is 27.4. The number of rotatable bonds is 40. The molecule has 0 radical (unpaired) electrons. The van der Waals surface area contributed by atoms with Crippen LogP contribution in [0.15, 0.2) is 12.5 Å². The molecule has 1 saturated heterocycles. The number of carboxylic acid groups (broad SMARTS) is 3. The van der Waals surface area contributed by atoms with Gasteiger partial charge in [-0.2, -0.15) is 0 Å². The molecule has 24 N–H and O–H groups in total. The van der Waals surface area contributed by atoms with E-state index in [2.05, 4.69) is 57.8 Å². The Hall–Kier alpha value is -9.51. The van der Waals surface area contributed by atoms with Crippen molar-refractivity contribution in [1.29, 1.82) is 5.41 Å². The molecule has 2 heterocycles. The van der Waals surface area contributed by atoms with Crippen LogP contribution in [0.4, 0.5) is 0 Å². The van der Waals surface area contributed by atoms with Crippen molar-refractivity contribution in [3.8, 4) is 0 Å². The topological polar surface area (TPSA) is 611 Å². The van der Waals surface area contributed by atoms with Crippen molar-refractivity contribution in [2.75, 3.05) is 19.6 Å². The lowest BCUT2D eigenvalue weighted by molar-refractivity contribution is -0.144. The molecule has 0 aliphatic carbocycles. The van der Waals surface area contributed by atoms with Gasteiger partial charge in [-0.15, -0.1) is 0 Å². The number of hydrogen-bond acceptors (Lipinski definition) is 18. The number of H-pyrrole nitrogens is 1. The quantitative estimate of drug-likeness (QED) is 0.0165. The number of carbonyl (C=O) groups excluding carboxylic acids is 12. The van der Waals surface area contributed by atoms with Crippen molar-refractivity contribution < 1.29 is 87.2 Å². The predicted octanol–water partition coefficient (Wildman–Crippen LogP) is -7.69. The zero-order valence-electron chi connectivity index (χ0n) is 46.9. The molecule has 0 spiro atoms. The monoisotopic (exact) mass is 1210 g/mol. The van der Waals surface area contributed by atoms with E-state index in [-0.39, 0.29) is 44.0 Å². The molecular formula is C49H78N18O18. The van der Waals surface area contributed by atoms with Crippen LogP contribution in [0.25, 0.3) is 0 Å². The van der Waals surface area contributed by atoms with Crippen LogP contribution in [0.3, 0.4) is 0 Å². The molecule has 1 aromatic heterocycles. The first-order valence-electron chi connectivity index (χ1n) is 26.9. The maximum absolute atomic E-state index is 14.0. The average Bonchev–Trinajstić information content (AvgIpc) is 4.14. The van der Waals surface area contributed by atoms with Crippen molar-refractivity contribution in [1.82, 2.24) is 62.7 Å². The van der Waals surface area contributed by atoms with E-state index < -0.39 is 220 Å². The number of hydrogen-bond donors (Lipinski definition) is 19. The molecule has 0 bridgehead atoms. The van der Waals surface area contributed by atoms with Gasteiger partial charge in [0.25, 0.3) is 0 Å². The van der Waals surface area contributed by atoms with Gasteiger partial charge < -0.3 is 102 Å². The van der Waals surface area contributed by atoms with Crippen molar-refractivity contribution >= 4 is 94.8 Å². The molecule has 0 aromatic carbocycles. The standard InChI is InChI=1S/C49H78N18O18/c1-23(2)17-25(50)47(83)67-16-4-6-33(67)46(82)64-28(9-13-36(53)70)42(78)62-27(8-12-35(52)69)41(77)63-29(10-14-38(72)73)43(79)61-26(7-11-34(51)68)40(76)58-21-37(71)60-31(18-24-20-56-22-59-24)44(80)66-32(19-39(74)75)45(81)65-30(48(84)85)5-3-15-57-49(54)55/h20,22-23,25-33H,3-19,21,50H2,1-2H3,(H2,51,68)(H2,52,69)(H2,53,70)(H,56,59)(H,58,76)(H,60,71)(H,61,79)(H,62,78)(H,63,77)(H,64,82)(H,65,81)(H,66,80)(H,72,73)(H,74,75)(H,84,85)(H4,54,55,57)/t25-,26-,27-,28-,29-,30-,31-,32-,33-/m0/s1. The third-order valence-electron chi connectivity index (χ3n) is 12.8. The molecule has 1 aromatic rings. The van der Waals surface area contributed by atoms with E-state index in [0.29, 0.717) is 12.8 Å². The highest BCUT2D eigenvalue weighted by atomic mass is 16.4. The maximum atomic E-state index is 14.0. The van der Waals surface area contributed by atoms with E-state index in [1.54, 1.807) is 0 Å². The number of amides is 12. The summed E-state index contributed by atoms with van der Waals surface area (Å²) in [4.78, 5) is 202. The van der Waals surface area contributed by atoms with Gasteiger partial charge in [-0.25, -0.2) is 9.78 Å². The van der Waals surface area contributed by atoms with Gasteiger partial charge in [0, 0.05) is 51.4 Å². The molecular weight excluding hydrogens is 1130 g/mol. The number of aromatic amines is 1. The summed E-state index contributed by atoms with van der Waals surface area (Å²) in [5, 5.41) is 56.6. The Morgan fingerprint density at radius 2 is 1.11 bits per heavy atom. The molecule has 472 valence electrons. The highest BCUT2D eigenvalue weighted by Crippen LogP contribution is 2.21. The lowest BCUT2D eigenvalue weighted by Gasteiger charge is -2.29. The lowest BCUT2D eigenvalue weighted by atomic mass is 10.0. The van der Waals surface area contributed by atoms with Crippen molar-refractivity contribution in [3.63, 3.8) is 0 Å². The first kappa shape index (κ1) is 71.6. The third-order valence-corrected chi connectivity index (χ3v) is 12.8. The number of primary amides is 3. The highest BCUT2D eigenvalue weighted by molar-refractivity contribution is 5.99. The highest BCUT2D eigenvalue weighted by Gasteiger charge is 2.39. The Kier molecular flexibility index (Phi) is 30.5. The summed E-state index contributed by atoms with van der Waals surface area (Å²) in [5.41, 5.74) is 27.5. The fraction of sp³-hybridized carbons (Fsp3) is 0.612. The van der Waals surface area contributed by atoms with Gasteiger partial charge in [-0.1, -0.05) is 13.8 Å². The Balaban J connectivity index is 2.36. The Morgan fingerprint density at radius 3 is 1.58 bits per heavy atom. The maximum Gasteiger partial charge on any atom is 0.326 e. The zero-order chi connectivity index (χ0) is 64.1. The molecule has 1 aliphatic heterocycles. The summed E-state index contributed by atoms with van der Waals surface area (Å²) in [5.74, 6) is -17.5. The lowest BCUT2D eigenvalue weighted by Crippen LogP contribution is -2.59. The largest absolute Gasteiger partial charge is 0.481 e. The van der Waals surface area contributed by atoms with E-state index in [1.807, 2.05) is 13.8 Å². The minimum absolute atomic E-state index is 0.0437. The van der Waals surface area contributed by atoms with Crippen molar-refractivity contribution in [2.24, 2.45) is 34.6 Å². The number of aliphatic carboxylic acids is 3. The first-order chi connectivity index (χ1) is 39.9. The summed E-state index contributed by atoms with van der Waals surface area (Å²) in [7, 11) is 0. The van der Waals surface area contributed by atoms with Crippen LogP contribution in [-0.4, -0.2) is 199 Å². The summed E-state index contributed by atoms with van der Waals surface area (Å²) in [6.07, 6.45) is -2.89. The smallest absolute Gasteiger partial charge is 0.326 e. The van der Waals surface area contributed by atoms with Crippen LogP contribution >= 0.6 is 0 Å². The van der Waals surface area contributed by atoms with Gasteiger partial charge >= 0.3 is 17.9 Å². The number of nitrogens with zero attached hydrogens (tertiary/aromatic N) is 2. The molecule has 1 fully saturated rings. The Morgan fingerprint density at radius 1 is 0.624 bits per heavy atom. The Labute approximate surface area is 486 Å². The fourth-order valence-corrected chi connectivity index (χ4v) is 8.48. The number of nitrogens with one attached hydrogen (secondary N) is 11. The molecule has 0 saturated carbocycles. The molecule has 1 aliphatic rings. The minimum Gasteiger partial charge on any atom is -0.481 e. The Bertz CT molecular complexity index is 2580. The van der Waals surface area contributed by atoms with Gasteiger partial charge in [0.15, 0.2) is 5.96 Å². The van der Waals surface area contributed by atoms with E-state index in [9.17, 15) is 87.2 Å². The van der Waals surface area contributed by atoms with E-state index in [4.69, 9.17) is 34.1 Å². The van der Waals surface area contributed by atoms with E-state index in [1.165, 1.54) is 17.4 Å². The van der Waals surface area contributed by atoms with Crippen LogP contribution in [-0.2, 0) is 78.3 Å². The van der Waals surface area contributed by atoms with Gasteiger partial charge in [0.05, 0.1) is 31.0 Å². The van der Waals surface area contributed by atoms with Crippen LogP contribution in [0.5, 0.6) is 0 Å². The predicted molar refractivity (Wildman–Crippen MR) is 292 cm³/mol. The van der Waals surface area contributed by atoms with Gasteiger partial charge in [-0.3, -0.25) is 72.5 Å². The normalized spacial score (nSPS) is 15.5. The van der Waals surface area contributed by atoms with Crippen LogP contribution in [0, 0.1) is 11.3 Å². The zero-order valence-corrected chi connectivity index (χ0v) is 46.9. The van der Waals surface area contributed by atoms with E-state index in [0.717, 1.165) is 0 Å². The number of nitrogens with two attached hydrogens (primary N) is 5. The molecule has 36 heteroatoms.